The van der Waals surface area contributed by atoms with Gasteiger partial charge >= 0.3 is 0 Å². The lowest BCUT2D eigenvalue weighted by Crippen LogP contribution is -2.44. The Bertz CT molecular complexity index is 1220. The number of amides is 1. The van der Waals surface area contributed by atoms with Crippen LogP contribution in [0.15, 0.2) is 71.9 Å². The van der Waals surface area contributed by atoms with Crippen LogP contribution in [0.25, 0.3) is 10.8 Å². The third kappa shape index (κ3) is 3.91. The first kappa shape index (κ1) is 21.1. The highest BCUT2D eigenvalue weighted by molar-refractivity contribution is 7.89. The number of carbonyl (C=O) groups is 1. The van der Waals surface area contributed by atoms with Crippen molar-refractivity contribution in [1.82, 2.24) is 14.2 Å². The van der Waals surface area contributed by atoms with E-state index in [4.69, 9.17) is 0 Å². The van der Waals surface area contributed by atoms with Crippen molar-refractivity contribution in [2.75, 3.05) is 19.6 Å². The fraction of sp³-hybridized carbons (Fsp3) is 0.360. The maximum absolute atomic E-state index is 13.3. The minimum atomic E-state index is -3.58. The monoisotopic (exact) mass is 449 g/mol. The fourth-order valence-electron chi connectivity index (χ4n) is 5.00. The predicted octanol–water partition coefficient (Wildman–Crippen LogP) is 4.00. The Hall–Kier alpha value is -2.77. The van der Waals surface area contributed by atoms with Gasteiger partial charge in [0.05, 0.1) is 10.9 Å². The summed E-state index contributed by atoms with van der Waals surface area (Å²) >= 11 is 0. The van der Waals surface area contributed by atoms with Gasteiger partial charge in [-0.15, -0.1) is 0 Å². The molecule has 2 aliphatic rings. The number of carbonyl (C=O) groups excluding carboxylic acids is 1. The molecule has 5 rings (SSSR count). The molecule has 0 saturated carbocycles. The summed E-state index contributed by atoms with van der Waals surface area (Å²) in [4.78, 5) is 19.8. The molecule has 166 valence electrons. The van der Waals surface area contributed by atoms with Crippen LogP contribution in [0, 0.1) is 5.92 Å². The van der Waals surface area contributed by atoms with Crippen molar-refractivity contribution in [3.8, 4) is 0 Å². The van der Waals surface area contributed by atoms with Gasteiger partial charge in [0, 0.05) is 37.9 Å². The zero-order valence-electron chi connectivity index (χ0n) is 17.9. The van der Waals surface area contributed by atoms with Crippen LogP contribution >= 0.6 is 0 Å². The summed E-state index contributed by atoms with van der Waals surface area (Å²) in [5.41, 5.74) is 1.08. The molecule has 1 atom stereocenters. The van der Waals surface area contributed by atoms with E-state index in [0.717, 1.165) is 35.7 Å². The predicted molar refractivity (Wildman–Crippen MR) is 123 cm³/mol. The second-order valence-electron chi connectivity index (χ2n) is 8.66. The molecule has 32 heavy (non-hydrogen) atoms. The number of hydrogen-bond acceptors (Lipinski definition) is 4. The Balaban J connectivity index is 1.27. The number of fused-ring (bicyclic) bond motifs is 1. The summed E-state index contributed by atoms with van der Waals surface area (Å²) in [6.07, 6.45) is 6.64. The zero-order chi connectivity index (χ0) is 22.1. The van der Waals surface area contributed by atoms with Gasteiger partial charge in [0.15, 0.2) is 0 Å². The van der Waals surface area contributed by atoms with E-state index >= 15 is 0 Å². The maximum Gasteiger partial charge on any atom is 0.243 e. The lowest BCUT2D eigenvalue weighted by atomic mass is 9.95. The highest BCUT2D eigenvalue weighted by Crippen LogP contribution is 2.35. The molecule has 0 spiro atoms. The van der Waals surface area contributed by atoms with Gasteiger partial charge in [0.1, 0.15) is 0 Å². The fourth-order valence-corrected chi connectivity index (χ4v) is 6.51. The number of rotatable bonds is 4. The highest BCUT2D eigenvalue weighted by Gasteiger charge is 2.37. The molecule has 1 aromatic heterocycles. The van der Waals surface area contributed by atoms with E-state index in [1.54, 1.807) is 18.3 Å². The molecule has 7 heteroatoms. The standard InChI is InChI=1S/C25H27N3O3S/c29-25(28-14-4-8-24(28)22-7-3-13-26-18-22)20-11-15-27(16-12-20)32(30,31)23-10-9-19-5-1-2-6-21(19)17-23/h1-3,5-7,9-10,13,17-18,20,24H,4,8,11-12,14-16H2/t24-/m0/s1. The lowest BCUT2D eigenvalue weighted by Gasteiger charge is -2.34. The van der Waals surface area contributed by atoms with Gasteiger partial charge < -0.3 is 4.90 Å². The minimum absolute atomic E-state index is 0.0792. The molecule has 0 aliphatic carbocycles. The van der Waals surface area contributed by atoms with Gasteiger partial charge in [-0.2, -0.15) is 4.31 Å². The zero-order valence-corrected chi connectivity index (χ0v) is 18.7. The van der Waals surface area contributed by atoms with E-state index in [1.165, 1.54) is 4.31 Å². The SMILES string of the molecule is O=C(C1CCN(S(=O)(=O)c2ccc3ccccc3c2)CC1)N1CCC[C@H]1c1cccnc1. The molecule has 3 heterocycles. The van der Waals surface area contributed by atoms with Gasteiger partial charge in [-0.05, 0) is 60.2 Å². The van der Waals surface area contributed by atoms with Crippen molar-refractivity contribution in [2.45, 2.75) is 36.6 Å². The van der Waals surface area contributed by atoms with E-state index in [2.05, 4.69) is 4.98 Å². The van der Waals surface area contributed by atoms with E-state index in [1.807, 2.05) is 53.6 Å². The topological polar surface area (TPSA) is 70.6 Å². The molecule has 6 nitrogen and oxygen atoms in total. The maximum atomic E-state index is 13.3. The third-order valence-corrected chi connectivity index (χ3v) is 8.66. The normalized spacial score (nSPS) is 20.6. The van der Waals surface area contributed by atoms with Crippen molar-refractivity contribution >= 4 is 26.7 Å². The van der Waals surface area contributed by atoms with Gasteiger partial charge in [0.25, 0.3) is 0 Å². The van der Waals surface area contributed by atoms with Crippen LogP contribution in [0.5, 0.6) is 0 Å². The van der Waals surface area contributed by atoms with Crippen molar-refractivity contribution < 1.29 is 13.2 Å². The van der Waals surface area contributed by atoms with E-state index in [-0.39, 0.29) is 17.9 Å². The van der Waals surface area contributed by atoms with Gasteiger partial charge in [-0.25, -0.2) is 8.42 Å². The molecule has 0 unspecified atom stereocenters. The second kappa shape index (κ2) is 8.64. The Morgan fingerprint density at radius 2 is 1.69 bits per heavy atom. The summed E-state index contributed by atoms with van der Waals surface area (Å²) in [5, 5.41) is 1.93. The number of sulfonamides is 1. The minimum Gasteiger partial charge on any atom is -0.335 e. The van der Waals surface area contributed by atoms with Crippen LogP contribution in [0.4, 0.5) is 0 Å². The van der Waals surface area contributed by atoms with Gasteiger partial charge in [0.2, 0.25) is 15.9 Å². The van der Waals surface area contributed by atoms with E-state index < -0.39 is 10.0 Å². The molecule has 0 N–H and O–H groups in total. The Labute approximate surface area is 188 Å². The molecule has 2 saturated heterocycles. The number of benzene rings is 2. The summed E-state index contributed by atoms with van der Waals surface area (Å²) in [5.74, 6) is 0.0226. The van der Waals surface area contributed by atoms with Crippen LogP contribution in [-0.4, -0.2) is 48.1 Å². The summed E-state index contributed by atoms with van der Waals surface area (Å²) in [7, 11) is -3.58. The first-order valence-electron chi connectivity index (χ1n) is 11.2. The van der Waals surface area contributed by atoms with E-state index in [9.17, 15) is 13.2 Å². The number of nitrogens with zero attached hydrogens (tertiary/aromatic N) is 3. The first-order valence-corrected chi connectivity index (χ1v) is 12.7. The molecule has 0 radical (unpaired) electrons. The Morgan fingerprint density at radius 1 is 0.906 bits per heavy atom. The van der Waals surface area contributed by atoms with Crippen molar-refractivity contribution in [2.24, 2.45) is 5.92 Å². The van der Waals surface area contributed by atoms with Crippen LogP contribution in [0.3, 0.4) is 0 Å². The summed E-state index contributed by atoms with van der Waals surface area (Å²) in [6.45, 7) is 1.50. The molecule has 2 fully saturated rings. The molecule has 1 amide bonds. The van der Waals surface area contributed by atoms with Gasteiger partial charge in [-0.1, -0.05) is 36.4 Å². The smallest absolute Gasteiger partial charge is 0.243 e. The summed E-state index contributed by atoms with van der Waals surface area (Å²) < 4.78 is 28.0. The van der Waals surface area contributed by atoms with Crippen LogP contribution in [0.2, 0.25) is 0 Å². The van der Waals surface area contributed by atoms with Gasteiger partial charge in [-0.3, -0.25) is 9.78 Å². The third-order valence-electron chi connectivity index (χ3n) is 6.77. The van der Waals surface area contributed by atoms with Crippen molar-refractivity contribution in [1.29, 1.82) is 0 Å². The second-order valence-corrected chi connectivity index (χ2v) is 10.6. The highest BCUT2D eigenvalue weighted by atomic mass is 32.2. The number of pyridine rings is 1. The average Bonchev–Trinajstić information content (AvgIpc) is 3.34. The number of piperidine rings is 1. The molecule has 2 aromatic carbocycles. The van der Waals surface area contributed by atoms with Crippen molar-refractivity contribution in [3.05, 3.63) is 72.6 Å². The van der Waals surface area contributed by atoms with E-state index in [0.29, 0.717) is 30.8 Å². The average molecular weight is 450 g/mol. The Morgan fingerprint density at radius 3 is 2.44 bits per heavy atom. The molecular weight excluding hydrogens is 422 g/mol. The van der Waals surface area contributed by atoms with Crippen LogP contribution in [-0.2, 0) is 14.8 Å². The summed E-state index contributed by atoms with van der Waals surface area (Å²) in [6, 6.07) is 17.0. The number of hydrogen-bond donors (Lipinski definition) is 0. The molecular formula is C25H27N3O3S. The number of likely N-dealkylation sites (tertiary alicyclic amines) is 1. The quantitative estimate of drug-likeness (QED) is 0.604. The number of aromatic nitrogens is 1. The van der Waals surface area contributed by atoms with Crippen LogP contribution < -0.4 is 0 Å². The molecule has 2 aliphatic heterocycles. The largest absolute Gasteiger partial charge is 0.335 e. The molecule has 0 bridgehead atoms. The van der Waals surface area contributed by atoms with Crippen molar-refractivity contribution in [3.63, 3.8) is 0 Å². The van der Waals surface area contributed by atoms with Crippen LogP contribution in [0.1, 0.15) is 37.3 Å². The molecule has 3 aromatic rings. The Kier molecular flexibility index (Phi) is 5.69. The first-order chi connectivity index (χ1) is 15.5. The lowest BCUT2D eigenvalue weighted by molar-refractivity contribution is -0.137.